The quantitative estimate of drug-likeness (QED) is 0.800. The van der Waals surface area contributed by atoms with Crippen molar-refractivity contribution in [1.29, 1.82) is 0 Å². The molecule has 2 atom stereocenters. The van der Waals surface area contributed by atoms with Crippen LogP contribution in [0.25, 0.3) is 11.1 Å². The van der Waals surface area contributed by atoms with E-state index in [9.17, 15) is 14.7 Å². The maximum atomic E-state index is 13.4. The molecule has 2 aromatic rings. The van der Waals surface area contributed by atoms with Crippen molar-refractivity contribution >= 4 is 12.1 Å². The van der Waals surface area contributed by atoms with E-state index in [2.05, 4.69) is 29.2 Å². The van der Waals surface area contributed by atoms with E-state index in [4.69, 9.17) is 9.47 Å². The number of piperidine rings is 3. The molecular formula is C25H26N2O5. The van der Waals surface area contributed by atoms with Crippen LogP contribution in [0, 0.1) is 5.92 Å². The molecule has 0 radical (unpaired) electrons. The SMILES string of the molecule is O=C(O)C1COC2(CN3CCC2CC3)N1C(=O)OCC1c2ccccc2-c2ccccc21. The van der Waals surface area contributed by atoms with Crippen LogP contribution in [0.4, 0.5) is 4.79 Å². The standard InChI is InChI=1S/C25H26N2O5/c28-23(29)22-14-32-25(15-26-11-9-16(25)10-12-26)27(22)24(30)31-13-21-19-7-3-1-5-17(19)18-6-2-4-8-20(18)21/h1-8,16,21-22H,9-15H2,(H,28,29). The summed E-state index contributed by atoms with van der Waals surface area (Å²) in [5.74, 6) is -0.982. The lowest BCUT2D eigenvalue weighted by atomic mass is 9.80. The Kier molecular flexibility index (Phi) is 4.52. The number of carboxylic acids is 1. The largest absolute Gasteiger partial charge is 0.480 e. The second-order valence-corrected chi connectivity index (χ2v) is 9.23. The fourth-order valence-corrected chi connectivity index (χ4v) is 6.19. The van der Waals surface area contributed by atoms with Crippen LogP contribution in [0.15, 0.2) is 48.5 Å². The van der Waals surface area contributed by atoms with Crippen LogP contribution in [0.3, 0.4) is 0 Å². The monoisotopic (exact) mass is 434 g/mol. The third-order valence-electron chi connectivity index (χ3n) is 7.70. The average Bonchev–Trinajstić information content (AvgIpc) is 3.35. The fraction of sp³-hybridized carbons (Fsp3) is 0.440. The van der Waals surface area contributed by atoms with Crippen LogP contribution in [0.1, 0.15) is 29.9 Å². The zero-order valence-electron chi connectivity index (χ0n) is 17.8. The normalized spacial score (nSPS) is 30.4. The smallest absolute Gasteiger partial charge is 0.412 e. The highest BCUT2D eigenvalue weighted by atomic mass is 16.6. The summed E-state index contributed by atoms with van der Waals surface area (Å²) in [7, 11) is 0. The van der Waals surface area contributed by atoms with Crippen LogP contribution in [0.5, 0.6) is 0 Å². The van der Waals surface area contributed by atoms with Gasteiger partial charge in [-0.2, -0.15) is 0 Å². The summed E-state index contributed by atoms with van der Waals surface area (Å²) >= 11 is 0. The Labute approximate surface area is 186 Å². The van der Waals surface area contributed by atoms with Gasteiger partial charge >= 0.3 is 12.1 Å². The number of ether oxygens (including phenoxy) is 2. The summed E-state index contributed by atoms with van der Waals surface area (Å²) in [6, 6.07) is 15.3. The van der Waals surface area contributed by atoms with E-state index in [0.717, 1.165) is 48.2 Å². The number of amides is 1. The third-order valence-corrected chi connectivity index (χ3v) is 7.70. The number of carboxylic acid groups (broad SMARTS) is 1. The van der Waals surface area contributed by atoms with Gasteiger partial charge in [0.05, 0.1) is 6.61 Å². The van der Waals surface area contributed by atoms with Gasteiger partial charge in [0.2, 0.25) is 0 Å². The summed E-state index contributed by atoms with van der Waals surface area (Å²) in [6.45, 7) is 2.65. The number of nitrogens with zero attached hydrogens (tertiary/aromatic N) is 2. The summed E-state index contributed by atoms with van der Waals surface area (Å²) in [6.07, 6.45) is 1.21. The molecule has 7 rings (SSSR count). The topological polar surface area (TPSA) is 79.3 Å². The predicted molar refractivity (Wildman–Crippen MR) is 116 cm³/mol. The molecule has 2 aromatic carbocycles. The van der Waals surface area contributed by atoms with Gasteiger partial charge in [0.1, 0.15) is 6.61 Å². The first kappa shape index (κ1) is 19.8. The Balaban J connectivity index is 1.28. The number of benzene rings is 2. The van der Waals surface area contributed by atoms with E-state index in [-0.39, 0.29) is 25.0 Å². The van der Waals surface area contributed by atoms with E-state index in [0.29, 0.717) is 6.54 Å². The molecule has 7 heteroatoms. The minimum atomic E-state index is -1.05. The molecule has 1 N–H and O–H groups in total. The molecule has 1 aliphatic carbocycles. The van der Waals surface area contributed by atoms with Crippen molar-refractivity contribution in [3.8, 4) is 11.1 Å². The molecule has 2 bridgehead atoms. The second kappa shape index (κ2) is 7.32. The van der Waals surface area contributed by atoms with Gasteiger partial charge in [0.25, 0.3) is 0 Å². The summed E-state index contributed by atoms with van der Waals surface area (Å²) in [4.78, 5) is 29.1. The van der Waals surface area contributed by atoms with Crippen molar-refractivity contribution in [2.75, 3.05) is 32.8 Å². The predicted octanol–water partition coefficient (Wildman–Crippen LogP) is 3.14. The van der Waals surface area contributed by atoms with Crippen molar-refractivity contribution in [2.24, 2.45) is 5.92 Å². The molecular weight excluding hydrogens is 408 g/mol. The minimum Gasteiger partial charge on any atom is -0.480 e. The third kappa shape index (κ3) is 2.81. The Morgan fingerprint density at radius 1 is 1.03 bits per heavy atom. The lowest BCUT2D eigenvalue weighted by Crippen LogP contribution is -2.68. The van der Waals surface area contributed by atoms with Crippen LogP contribution in [0.2, 0.25) is 0 Å². The van der Waals surface area contributed by atoms with Gasteiger partial charge in [-0.3, -0.25) is 9.80 Å². The molecule has 1 spiro atoms. The first-order chi connectivity index (χ1) is 15.6. The molecule has 32 heavy (non-hydrogen) atoms. The molecule has 0 aromatic heterocycles. The maximum Gasteiger partial charge on any atom is 0.412 e. The molecule has 4 saturated heterocycles. The highest BCUT2D eigenvalue weighted by molar-refractivity contribution is 5.82. The van der Waals surface area contributed by atoms with Gasteiger partial charge in [-0.15, -0.1) is 0 Å². The van der Waals surface area contributed by atoms with Crippen LogP contribution >= 0.6 is 0 Å². The molecule has 4 heterocycles. The number of carbonyl (C=O) groups excluding carboxylic acids is 1. The van der Waals surface area contributed by atoms with Crippen LogP contribution in [-0.2, 0) is 14.3 Å². The second-order valence-electron chi connectivity index (χ2n) is 9.23. The van der Waals surface area contributed by atoms with Gasteiger partial charge in [0, 0.05) is 18.4 Å². The lowest BCUT2D eigenvalue weighted by molar-refractivity contribution is -0.181. The van der Waals surface area contributed by atoms with Crippen molar-refractivity contribution in [3.05, 3.63) is 59.7 Å². The number of fused-ring (bicyclic) bond motifs is 5. The summed E-state index contributed by atoms with van der Waals surface area (Å²) < 4.78 is 12.0. The molecule has 166 valence electrons. The van der Waals surface area contributed by atoms with Crippen molar-refractivity contribution in [1.82, 2.24) is 9.80 Å². The Morgan fingerprint density at radius 2 is 1.66 bits per heavy atom. The van der Waals surface area contributed by atoms with Crippen molar-refractivity contribution < 1.29 is 24.2 Å². The Hall–Kier alpha value is -2.90. The van der Waals surface area contributed by atoms with E-state index in [1.165, 1.54) is 4.90 Å². The van der Waals surface area contributed by atoms with E-state index in [1.54, 1.807) is 0 Å². The van der Waals surface area contributed by atoms with Gasteiger partial charge in [0.15, 0.2) is 11.8 Å². The molecule has 1 amide bonds. The summed E-state index contributed by atoms with van der Waals surface area (Å²) in [5, 5.41) is 9.81. The molecule has 7 nitrogen and oxygen atoms in total. The molecule has 4 aliphatic heterocycles. The van der Waals surface area contributed by atoms with Gasteiger partial charge in [-0.05, 0) is 48.2 Å². The van der Waals surface area contributed by atoms with Gasteiger partial charge in [-0.25, -0.2) is 9.59 Å². The lowest BCUT2D eigenvalue weighted by Gasteiger charge is -2.53. The maximum absolute atomic E-state index is 13.4. The van der Waals surface area contributed by atoms with Crippen LogP contribution in [-0.4, -0.2) is 71.6 Å². The van der Waals surface area contributed by atoms with Crippen molar-refractivity contribution in [3.63, 3.8) is 0 Å². The minimum absolute atomic E-state index is 0.00384. The van der Waals surface area contributed by atoms with E-state index in [1.807, 2.05) is 24.3 Å². The Bertz CT molecular complexity index is 1030. The highest BCUT2D eigenvalue weighted by Gasteiger charge is 2.61. The van der Waals surface area contributed by atoms with Gasteiger partial charge in [-0.1, -0.05) is 48.5 Å². The zero-order chi connectivity index (χ0) is 21.9. The first-order valence-electron chi connectivity index (χ1n) is 11.3. The zero-order valence-corrected chi connectivity index (χ0v) is 17.8. The Morgan fingerprint density at radius 3 is 2.22 bits per heavy atom. The number of hydrogen-bond acceptors (Lipinski definition) is 5. The number of aliphatic carboxylic acids is 1. The number of hydrogen-bond donors (Lipinski definition) is 1. The number of carbonyl (C=O) groups is 2. The number of rotatable bonds is 3. The molecule has 4 fully saturated rings. The molecule has 2 unspecified atom stereocenters. The van der Waals surface area contributed by atoms with Gasteiger partial charge < -0.3 is 14.6 Å². The first-order valence-corrected chi connectivity index (χ1v) is 11.3. The van der Waals surface area contributed by atoms with E-state index < -0.39 is 23.8 Å². The summed E-state index contributed by atoms with van der Waals surface area (Å²) in [5.41, 5.74) is 3.68. The highest BCUT2D eigenvalue weighted by Crippen LogP contribution is 2.47. The van der Waals surface area contributed by atoms with Crippen molar-refractivity contribution in [2.45, 2.75) is 30.5 Å². The van der Waals surface area contributed by atoms with Crippen LogP contribution < -0.4 is 0 Å². The fourth-order valence-electron chi connectivity index (χ4n) is 6.19. The average molecular weight is 434 g/mol. The van der Waals surface area contributed by atoms with E-state index >= 15 is 0 Å². The molecule has 5 aliphatic rings. The molecule has 0 saturated carbocycles.